The monoisotopic (exact) mass is 672 g/mol. The van der Waals surface area contributed by atoms with Crippen LogP contribution in [0.4, 0.5) is 0 Å². The molecule has 2 radical (unpaired) electrons. The van der Waals surface area contributed by atoms with Gasteiger partial charge in [0.05, 0.1) is 9.52 Å². The van der Waals surface area contributed by atoms with E-state index in [4.69, 9.17) is 0 Å². The van der Waals surface area contributed by atoms with Crippen molar-refractivity contribution in [2.45, 2.75) is 57.5 Å². The summed E-state index contributed by atoms with van der Waals surface area (Å²) in [4.78, 5) is 0. The molecule has 0 aromatic heterocycles. The van der Waals surface area contributed by atoms with E-state index in [-0.39, 0.29) is 10.1 Å². The molecule has 0 bridgehead atoms. The zero-order chi connectivity index (χ0) is 35.2. The molecule has 0 amide bonds. The summed E-state index contributed by atoms with van der Waals surface area (Å²) in [5, 5.41) is 7.39. The van der Waals surface area contributed by atoms with Gasteiger partial charge in [0.2, 0.25) is 0 Å². The maximum atomic E-state index is 3.62. The summed E-state index contributed by atoms with van der Waals surface area (Å²) in [7, 11) is 0.703. The highest BCUT2D eigenvalue weighted by atomic mass is 28.2. The van der Waals surface area contributed by atoms with Gasteiger partial charge in [-0.15, -0.1) is 0 Å². The Morgan fingerprint density at radius 1 is 0.667 bits per heavy atom. The number of hydrogen-bond acceptors (Lipinski definition) is 0. The normalized spacial score (nSPS) is 16.5. The Hall–Kier alpha value is -5.16. The summed E-state index contributed by atoms with van der Waals surface area (Å²) in [5.41, 5.74) is 17.5. The summed E-state index contributed by atoms with van der Waals surface area (Å²) < 4.78 is 0. The van der Waals surface area contributed by atoms with Gasteiger partial charge in [-0.1, -0.05) is 174 Å². The van der Waals surface area contributed by atoms with E-state index in [1.807, 2.05) is 0 Å². The first-order valence-electron chi connectivity index (χ1n) is 18.4. The minimum atomic E-state index is -0.00708. The van der Waals surface area contributed by atoms with Gasteiger partial charge in [0.1, 0.15) is 0 Å². The van der Waals surface area contributed by atoms with Crippen molar-refractivity contribution >= 4 is 54.0 Å². The van der Waals surface area contributed by atoms with Crippen LogP contribution >= 0.6 is 0 Å². The van der Waals surface area contributed by atoms with E-state index in [1.165, 1.54) is 65.7 Å². The fourth-order valence-corrected chi connectivity index (χ4v) is 10.4. The summed E-state index contributed by atoms with van der Waals surface area (Å²) >= 11 is 0. The molecule has 0 fully saturated rings. The molecule has 6 aromatic carbocycles. The molecule has 0 nitrogen and oxygen atoms in total. The van der Waals surface area contributed by atoms with Crippen LogP contribution in [0.2, 0.25) is 0 Å². The molecule has 0 N–H and O–H groups in total. The minimum absolute atomic E-state index is 0.00708. The lowest BCUT2D eigenvalue weighted by molar-refractivity contribution is 0.597. The first kappa shape index (κ1) is 33.0. The fraction of sp³-hybridized carbons (Fsp3) is 0.200. The molecule has 0 aliphatic heterocycles. The average Bonchev–Trinajstić information content (AvgIpc) is 3.17. The molecule has 2 unspecified atom stereocenters. The van der Waals surface area contributed by atoms with Crippen molar-refractivity contribution in [1.29, 1.82) is 0 Å². The van der Waals surface area contributed by atoms with Gasteiger partial charge in [-0.25, -0.2) is 0 Å². The standard InChI is InChI=1S/C50H44Si/c1-6-50(5,51-49(3,4)40-22-8-7-9-23-40)41-29-30-45-46(33-41)48(39-28-27-35-18-11-12-19-36(35)31-39)44-26-15-14-25-43(44)47(45)38-21-16-20-37(32-38)42-24-13-10-17-34(42)2/h7-16,18-26,29-34H,6,17H2,1-5H3. The van der Waals surface area contributed by atoms with Crippen LogP contribution in [0, 0.1) is 5.92 Å². The molecule has 0 saturated carbocycles. The second kappa shape index (κ2) is 13.2. The predicted molar refractivity (Wildman–Crippen MR) is 221 cm³/mol. The Morgan fingerprint density at radius 3 is 2.16 bits per heavy atom. The van der Waals surface area contributed by atoms with Crippen LogP contribution in [-0.4, -0.2) is 9.52 Å². The van der Waals surface area contributed by atoms with E-state index < -0.39 is 0 Å². The molecule has 2 aliphatic rings. The third-order valence-corrected chi connectivity index (χ3v) is 13.3. The minimum Gasteiger partial charge on any atom is -0.0839 e. The molecular weight excluding hydrogens is 629 g/mol. The van der Waals surface area contributed by atoms with Crippen molar-refractivity contribution in [1.82, 2.24) is 0 Å². The summed E-state index contributed by atoms with van der Waals surface area (Å²) in [6.45, 7) is 12.0. The van der Waals surface area contributed by atoms with Crippen molar-refractivity contribution in [3.63, 3.8) is 0 Å². The Balaban J connectivity index is 1.41. The average molecular weight is 673 g/mol. The number of allylic oxidation sites excluding steroid dienone is 5. The van der Waals surface area contributed by atoms with Crippen LogP contribution in [0.3, 0.4) is 0 Å². The van der Waals surface area contributed by atoms with Gasteiger partial charge in [0, 0.05) is 16.4 Å². The van der Waals surface area contributed by atoms with Crippen molar-refractivity contribution < 1.29 is 0 Å². The zero-order valence-electron chi connectivity index (χ0n) is 30.3. The molecule has 2 aliphatic carbocycles. The third kappa shape index (κ3) is 6.03. The fourth-order valence-electron chi connectivity index (χ4n) is 8.28. The summed E-state index contributed by atoms with van der Waals surface area (Å²) in [5.74, 6) is 0.496. The topological polar surface area (TPSA) is 0 Å². The van der Waals surface area contributed by atoms with Gasteiger partial charge in [0.25, 0.3) is 0 Å². The smallest absolute Gasteiger partial charge is 0.0640 e. The van der Waals surface area contributed by atoms with Crippen LogP contribution in [0.15, 0.2) is 145 Å². The van der Waals surface area contributed by atoms with Crippen molar-refractivity contribution in [2.24, 2.45) is 5.92 Å². The van der Waals surface area contributed by atoms with Gasteiger partial charge in [-0.2, -0.15) is 0 Å². The maximum Gasteiger partial charge on any atom is 0.0640 e. The summed E-state index contributed by atoms with van der Waals surface area (Å²) in [6.07, 6.45) is 11.2. The molecule has 0 heterocycles. The number of fused-ring (bicyclic) bond motifs is 3. The van der Waals surface area contributed by atoms with Crippen LogP contribution in [-0.2, 0) is 10.1 Å². The Bertz CT molecular complexity index is 2590. The lowest BCUT2D eigenvalue weighted by atomic mass is 9.82. The molecule has 0 saturated heterocycles. The van der Waals surface area contributed by atoms with Crippen LogP contribution in [0.25, 0.3) is 55.6 Å². The second-order valence-corrected chi connectivity index (χ2v) is 17.6. The second-order valence-electron chi connectivity index (χ2n) is 15.0. The van der Waals surface area contributed by atoms with E-state index in [1.54, 1.807) is 0 Å². The number of hydrogen-bond donors (Lipinski definition) is 0. The summed E-state index contributed by atoms with van der Waals surface area (Å²) in [6, 6.07) is 45.2. The number of benzene rings is 6. The lowest BCUT2D eigenvalue weighted by Crippen LogP contribution is -2.41. The van der Waals surface area contributed by atoms with Crippen LogP contribution in [0.5, 0.6) is 0 Å². The van der Waals surface area contributed by atoms with Crippen molar-refractivity contribution in [2.75, 3.05) is 0 Å². The zero-order valence-corrected chi connectivity index (χ0v) is 31.3. The third-order valence-electron chi connectivity index (χ3n) is 11.2. The van der Waals surface area contributed by atoms with Gasteiger partial charge in [-0.3, -0.25) is 0 Å². The molecule has 2 atom stereocenters. The quantitative estimate of drug-likeness (QED) is 0.0858. The highest BCUT2D eigenvalue weighted by Crippen LogP contribution is 2.45. The van der Waals surface area contributed by atoms with Gasteiger partial charge in [-0.05, 0) is 107 Å². The molecule has 6 aromatic rings. The van der Waals surface area contributed by atoms with Gasteiger partial charge in [0.15, 0.2) is 0 Å². The molecule has 51 heavy (non-hydrogen) atoms. The SMILES string of the molecule is CCC(C)([Si]C(C)(C)c1ccccc1)c1ccc2c(-c3cccc(C4=CC=CCC4C)c3)c3ccccc3c(C3=C=C=c4ccccc4=C3)c2c1. The van der Waals surface area contributed by atoms with Gasteiger partial charge >= 0.3 is 0 Å². The lowest BCUT2D eigenvalue weighted by Gasteiger charge is -2.37. The van der Waals surface area contributed by atoms with E-state index in [2.05, 4.69) is 192 Å². The largest absolute Gasteiger partial charge is 0.0839 e. The van der Waals surface area contributed by atoms with Gasteiger partial charge < -0.3 is 0 Å². The van der Waals surface area contributed by atoms with E-state index >= 15 is 0 Å². The van der Waals surface area contributed by atoms with E-state index in [0.29, 0.717) is 15.4 Å². The Morgan fingerprint density at radius 2 is 1.37 bits per heavy atom. The molecule has 0 spiro atoms. The molecule has 248 valence electrons. The molecular formula is C50H44Si. The van der Waals surface area contributed by atoms with E-state index in [9.17, 15) is 0 Å². The highest BCUT2D eigenvalue weighted by molar-refractivity contribution is 6.44. The van der Waals surface area contributed by atoms with Crippen molar-refractivity contribution in [3.05, 3.63) is 178 Å². The molecule has 1 heteroatoms. The first-order chi connectivity index (χ1) is 24.8. The van der Waals surface area contributed by atoms with Crippen LogP contribution < -0.4 is 10.4 Å². The predicted octanol–water partition coefficient (Wildman–Crippen LogP) is 11.3. The number of rotatable bonds is 8. The highest BCUT2D eigenvalue weighted by Gasteiger charge is 2.35. The maximum absolute atomic E-state index is 3.62. The van der Waals surface area contributed by atoms with E-state index in [0.717, 1.165) is 23.6 Å². The first-order valence-corrected chi connectivity index (χ1v) is 19.4. The Kier molecular flexibility index (Phi) is 8.53. The Labute approximate surface area is 305 Å². The van der Waals surface area contributed by atoms with Crippen molar-refractivity contribution in [3.8, 4) is 11.1 Å². The molecule has 8 rings (SSSR count). The van der Waals surface area contributed by atoms with Crippen LogP contribution in [0.1, 0.15) is 69.7 Å².